The highest BCUT2D eigenvalue weighted by molar-refractivity contribution is 9.10. The lowest BCUT2D eigenvalue weighted by atomic mass is 10.1. The van der Waals surface area contributed by atoms with Crippen LogP contribution in [0.2, 0.25) is 0 Å². The van der Waals surface area contributed by atoms with E-state index >= 15 is 0 Å². The first-order chi connectivity index (χ1) is 5.75. The lowest BCUT2D eigenvalue weighted by Gasteiger charge is -1.98. The van der Waals surface area contributed by atoms with E-state index in [-0.39, 0.29) is 0 Å². The predicted molar refractivity (Wildman–Crippen MR) is 55.2 cm³/mol. The number of fused-ring (bicyclic) bond motifs is 1. The van der Waals surface area contributed by atoms with E-state index in [1.807, 2.05) is 6.07 Å². The van der Waals surface area contributed by atoms with Gasteiger partial charge in [0, 0.05) is 4.47 Å². The maximum Gasteiger partial charge on any atom is 0.0260 e. The van der Waals surface area contributed by atoms with Crippen LogP contribution in [0.1, 0.15) is 5.56 Å². The third-order valence-corrected chi connectivity index (χ3v) is 2.35. The van der Waals surface area contributed by atoms with Gasteiger partial charge in [-0.05, 0) is 35.9 Å². The van der Waals surface area contributed by atoms with E-state index in [1.54, 1.807) is 0 Å². The van der Waals surface area contributed by atoms with Crippen LogP contribution in [0.15, 0.2) is 34.8 Å². The molecule has 2 aromatic carbocycles. The van der Waals surface area contributed by atoms with Crippen molar-refractivity contribution in [3.63, 3.8) is 0 Å². The molecule has 0 amide bonds. The molecule has 0 aromatic heterocycles. The van der Waals surface area contributed by atoms with Crippen LogP contribution >= 0.6 is 15.9 Å². The highest BCUT2D eigenvalue weighted by Gasteiger charge is 1.93. The fourth-order valence-corrected chi connectivity index (χ4v) is 1.64. The van der Waals surface area contributed by atoms with Gasteiger partial charge in [-0.2, -0.15) is 0 Å². The van der Waals surface area contributed by atoms with Gasteiger partial charge in [0.25, 0.3) is 0 Å². The number of halogens is 1. The Balaban J connectivity index is 2.79. The molecule has 0 aliphatic carbocycles. The van der Waals surface area contributed by atoms with E-state index in [9.17, 15) is 0 Å². The zero-order valence-electron chi connectivity index (χ0n) is 6.76. The third kappa shape index (κ3) is 1.37. The van der Waals surface area contributed by atoms with Crippen molar-refractivity contribution in [3.05, 3.63) is 46.4 Å². The number of hydrogen-bond donors (Lipinski definition) is 0. The molecule has 0 N–H and O–H groups in total. The summed E-state index contributed by atoms with van der Waals surface area (Å²) in [6.45, 7) is 2.10. The highest BCUT2D eigenvalue weighted by atomic mass is 79.9. The molecule has 1 radical (unpaired) electrons. The van der Waals surface area contributed by atoms with Gasteiger partial charge < -0.3 is 0 Å². The zero-order valence-corrected chi connectivity index (χ0v) is 8.35. The van der Waals surface area contributed by atoms with Gasteiger partial charge >= 0.3 is 0 Å². The summed E-state index contributed by atoms with van der Waals surface area (Å²) in [5, 5.41) is 2.50. The highest BCUT2D eigenvalue weighted by Crippen LogP contribution is 2.19. The second-order valence-corrected chi connectivity index (χ2v) is 3.77. The van der Waals surface area contributed by atoms with Crippen LogP contribution in [0.5, 0.6) is 0 Å². The molecular weight excluding hydrogens is 212 g/mol. The first kappa shape index (κ1) is 7.81. The molecule has 0 heterocycles. The summed E-state index contributed by atoms with van der Waals surface area (Å²) in [7, 11) is 0. The molecule has 0 unspecified atom stereocenters. The van der Waals surface area contributed by atoms with Gasteiger partial charge in [-0.3, -0.25) is 0 Å². The summed E-state index contributed by atoms with van der Waals surface area (Å²) in [6.07, 6.45) is 0. The Hall–Kier alpha value is -0.820. The standard InChI is InChI=1S/C11H8Br/c1-8-2-3-10-7-11(12)5-4-9(10)6-8/h2-4,6-7H,1H3. The van der Waals surface area contributed by atoms with Crippen molar-refractivity contribution in [1.82, 2.24) is 0 Å². The molecule has 0 bridgehead atoms. The molecule has 0 nitrogen and oxygen atoms in total. The maximum atomic E-state index is 3.40. The van der Waals surface area contributed by atoms with E-state index in [1.165, 1.54) is 16.3 Å². The molecule has 1 heteroatoms. The number of aryl methyl sites for hydroxylation is 1. The van der Waals surface area contributed by atoms with Crippen molar-refractivity contribution >= 4 is 26.7 Å². The lowest BCUT2D eigenvalue weighted by molar-refractivity contribution is 1.50. The summed E-state index contributed by atoms with van der Waals surface area (Å²) >= 11 is 3.40. The van der Waals surface area contributed by atoms with Gasteiger partial charge in [0.1, 0.15) is 0 Å². The van der Waals surface area contributed by atoms with Gasteiger partial charge in [0.15, 0.2) is 0 Å². The van der Waals surface area contributed by atoms with Crippen molar-refractivity contribution in [2.45, 2.75) is 6.92 Å². The van der Waals surface area contributed by atoms with Crippen molar-refractivity contribution < 1.29 is 0 Å². The van der Waals surface area contributed by atoms with Crippen LogP contribution in [0, 0.1) is 13.0 Å². The summed E-state index contributed by atoms with van der Waals surface area (Å²) in [5.74, 6) is 0. The molecule has 59 valence electrons. The molecule has 0 aliphatic heterocycles. The van der Waals surface area contributed by atoms with Gasteiger partial charge in [-0.25, -0.2) is 0 Å². The number of rotatable bonds is 0. The smallest absolute Gasteiger partial charge is 0.0260 e. The van der Waals surface area contributed by atoms with Crippen LogP contribution in [0.3, 0.4) is 0 Å². The Labute approximate surface area is 80.3 Å². The van der Waals surface area contributed by atoms with Gasteiger partial charge in [-0.1, -0.05) is 39.7 Å². The van der Waals surface area contributed by atoms with Crippen molar-refractivity contribution in [3.8, 4) is 0 Å². The van der Waals surface area contributed by atoms with Crippen LogP contribution in [0.4, 0.5) is 0 Å². The molecule has 12 heavy (non-hydrogen) atoms. The van der Waals surface area contributed by atoms with Crippen LogP contribution in [-0.2, 0) is 0 Å². The minimum absolute atomic E-state index is 1.01. The Morgan fingerprint density at radius 3 is 2.83 bits per heavy atom. The Bertz CT molecular complexity index is 377. The van der Waals surface area contributed by atoms with Gasteiger partial charge in [-0.15, -0.1) is 0 Å². The predicted octanol–water partition coefficient (Wildman–Crippen LogP) is 3.71. The Morgan fingerprint density at radius 1 is 1.17 bits per heavy atom. The van der Waals surface area contributed by atoms with E-state index in [4.69, 9.17) is 0 Å². The second-order valence-electron chi connectivity index (χ2n) is 2.91. The monoisotopic (exact) mass is 219 g/mol. The molecular formula is C11H8Br. The second kappa shape index (κ2) is 2.91. The van der Waals surface area contributed by atoms with E-state index in [0.717, 1.165) is 4.47 Å². The minimum Gasteiger partial charge on any atom is -0.0587 e. The fourth-order valence-electron chi connectivity index (χ4n) is 1.28. The van der Waals surface area contributed by atoms with Crippen molar-refractivity contribution in [2.24, 2.45) is 0 Å². The summed E-state index contributed by atoms with van der Waals surface area (Å²) in [5.41, 5.74) is 1.29. The molecule has 0 aliphatic rings. The fraction of sp³-hybridized carbons (Fsp3) is 0.0909. The van der Waals surface area contributed by atoms with Crippen LogP contribution in [-0.4, -0.2) is 0 Å². The average Bonchev–Trinajstić information content (AvgIpc) is 2.05. The molecule has 2 aromatic rings. The van der Waals surface area contributed by atoms with Gasteiger partial charge in [0.05, 0.1) is 0 Å². The van der Waals surface area contributed by atoms with Crippen LogP contribution < -0.4 is 0 Å². The normalized spacial score (nSPS) is 10.5. The molecule has 0 saturated carbocycles. The zero-order chi connectivity index (χ0) is 8.55. The van der Waals surface area contributed by atoms with Crippen molar-refractivity contribution in [2.75, 3.05) is 0 Å². The SMILES string of the molecule is Cc1ccc2cc(Br)[c]cc2c1. The summed E-state index contributed by atoms with van der Waals surface area (Å²) < 4.78 is 1.01. The van der Waals surface area contributed by atoms with Gasteiger partial charge in [0.2, 0.25) is 0 Å². The Kier molecular flexibility index (Phi) is 1.89. The van der Waals surface area contributed by atoms with E-state index < -0.39 is 0 Å². The Morgan fingerprint density at radius 2 is 2.00 bits per heavy atom. The summed E-state index contributed by atoms with van der Waals surface area (Å²) in [6, 6.07) is 13.6. The van der Waals surface area contributed by atoms with E-state index in [0.29, 0.717) is 0 Å². The molecule has 0 fully saturated rings. The quantitative estimate of drug-likeness (QED) is 0.634. The molecule has 0 saturated heterocycles. The molecule has 0 atom stereocenters. The average molecular weight is 220 g/mol. The first-order valence-corrected chi connectivity index (χ1v) is 4.62. The van der Waals surface area contributed by atoms with Crippen molar-refractivity contribution in [1.29, 1.82) is 0 Å². The van der Waals surface area contributed by atoms with E-state index in [2.05, 4.69) is 53.2 Å². The number of benzene rings is 2. The minimum atomic E-state index is 1.01. The third-order valence-electron chi connectivity index (χ3n) is 1.89. The first-order valence-electron chi connectivity index (χ1n) is 3.83. The number of hydrogen-bond acceptors (Lipinski definition) is 0. The maximum absolute atomic E-state index is 3.40. The molecule has 2 rings (SSSR count). The summed E-state index contributed by atoms with van der Waals surface area (Å²) in [4.78, 5) is 0. The lowest BCUT2D eigenvalue weighted by Crippen LogP contribution is -1.75. The topological polar surface area (TPSA) is 0 Å². The van der Waals surface area contributed by atoms with Crippen LogP contribution in [0.25, 0.3) is 10.8 Å². The molecule has 0 spiro atoms. The largest absolute Gasteiger partial charge is 0.0587 e.